The second-order valence-corrected chi connectivity index (χ2v) is 4.50. The Morgan fingerprint density at radius 1 is 1.18 bits per heavy atom. The number of aliphatic hydroxyl groups excluding tert-OH is 1. The first-order chi connectivity index (χ1) is 8.27. The predicted octanol–water partition coefficient (Wildman–Crippen LogP) is 2.99. The molecule has 0 aliphatic heterocycles. The molecule has 1 atom stereocenters. The summed E-state index contributed by atoms with van der Waals surface area (Å²) in [6.45, 7) is 0.430. The topological polar surface area (TPSA) is 45.1 Å². The van der Waals surface area contributed by atoms with Crippen LogP contribution in [0.4, 0.5) is 5.82 Å². The lowest BCUT2D eigenvalue weighted by Gasteiger charge is -2.13. The summed E-state index contributed by atoms with van der Waals surface area (Å²) < 4.78 is 0.889. The van der Waals surface area contributed by atoms with E-state index in [1.54, 1.807) is 6.20 Å². The molecule has 1 heterocycles. The molecule has 0 aliphatic rings. The third-order valence-electron chi connectivity index (χ3n) is 2.41. The minimum atomic E-state index is -0.537. The highest BCUT2D eigenvalue weighted by Crippen LogP contribution is 2.19. The van der Waals surface area contributed by atoms with E-state index in [4.69, 9.17) is 0 Å². The number of nitrogens with one attached hydrogen (secondary N) is 1. The Balaban J connectivity index is 1.97. The standard InChI is InChI=1S/C13H13BrN2O/c14-11-7-4-8-15-13(11)16-9-12(17)10-5-2-1-3-6-10/h1-8,12,17H,9H2,(H,15,16)/t12-/m0/s1. The fraction of sp³-hybridized carbons (Fsp3) is 0.154. The van der Waals surface area contributed by atoms with Crippen molar-refractivity contribution in [1.82, 2.24) is 4.98 Å². The molecule has 2 rings (SSSR count). The molecule has 1 aromatic heterocycles. The lowest BCUT2D eigenvalue weighted by Crippen LogP contribution is -2.13. The van der Waals surface area contributed by atoms with Gasteiger partial charge in [-0.1, -0.05) is 30.3 Å². The highest BCUT2D eigenvalue weighted by molar-refractivity contribution is 9.10. The van der Waals surface area contributed by atoms with Gasteiger partial charge in [0.05, 0.1) is 10.6 Å². The lowest BCUT2D eigenvalue weighted by molar-refractivity contribution is 0.191. The second kappa shape index (κ2) is 5.80. The van der Waals surface area contributed by atoms with Gasteiger partial charge in [0.25, 0.3) is 0 Å². The first-order valence-electron chi connectivity index (χ1n) is 5.35. The van der Waals surface area contributed by atoms with Crippen molar-refractivity contribution in [2.24, 2.45) is 0 Å². The summed E-state index contributed by atoms with van der Waals surface area (Å²) in [5.41, 5.74) is 0.895. The zero-order valence-corrected chi connectivity index (χ0v) is 10.8. The molecular weight excluding hydrogens is 280 g/mol. The van der Waals surface area contributed by atoms with Gasteiger partial charge >= 0.3 is 0 Å². The van der Waals surface area contributed by atoms with Crippen molar-refractivity contribution in [2.75, 3.05) is 11.9 Å². The van der Waals surface area contributed by atoms with Crippen LogP contribution in [-0.4, -0.2) is 16.6 Å². The van der Waals surface area contributed by atoms with Crippen LogP contribution in [-0.2, 0) is 0 Å². The van der Waals surface area contributed by atoms with Crippen molar-refractivity contribution in [3.8, 4) is 0 Å². The van der Waals surface area contributed by atoms with E-state index >= 15 is 0 Å². The number of anilines is 1. The van der Waals surface area contributed by atoms with Crippen molar-refractivity contribution < 1.29 is 5.11 Å². The Kier molecular flexibility index (Phi) is 4.12. The summed E-state index contributed by atoms with van der Waals surface area (Å²) in [6, 6.07) is 13.3. The Labute approximate surface area is 109 Å². The molecule has 2 aromatic rings. The molecule has 17 heavy (non-hydrogen) atoms. The Bertz CT molecular complexity index is 476. The molecule has 0 amide bonds. The van der Waals surface area contributed by atoms with Crippen molar-refractivity contribution >= 4 is 21.7 Å². The molecule has 0 radical (unpaired) electrons. The van der Waals surface area contributed by atoms with Crippen LogP contribution in [0.1, 0.15) is 11.7 Å². The van der Waals surface area contributed by atoms with E-state index in [1.165, 1.54) is 0 Å². The van der Waals surface area contributed by atoms with Crippen LogP contribution in [0.2, 0.25) is 0 Å². The van der Waals surface area contributed by atoms with Gasteiger partial charge in [-0.3, -0.25) is 0 Å². The number of hydrogen-bond acceptors (Lipinski definition) is 3. The van der Waals surface area contributed by atoms with Gasteiger partial charge in [0.1, 0.15) is 5.82 Å². The SMILES string of the molecule is O[C@@H](CNc1ncccc1Br)c1ccccc1. The zero-order valence-electron chi connectivity index (χ0n) is 9.18. The maximum absolute atomic E-state index is 9.97. The third-order valence-corrected chi connectivity index (χ3v) is 3.05. The van der Waals surface area contributed by atoms with Gasteiger partial charge in [-0.25, -0.2) is 4.98 Å². The molecule has 1 aromatic carbocycles. The van der Waals surface area contributed by atoms with Crippen LogP contribution in [0.25, 0.3) is 0 Å². The Morgan fingerprint density at radius 2 is 1.94 bits per heavy atom. The highest BCUT2D eigenvalue weighted by Gasteiger charge is 2.07. The first-order valence-corrected chi connectivity index (χ1v) is 6.14. The number of aliphatic hydroxyl groups is 1. The van der Waals surface area contributed by atoms with E-state index in [0.717, 1.165) is 15.9 Å². The minimum Gasteiger partial charge on any atom is -0.387 e. The summed E-state index contributed by atoms with van der Waals surface area (Å²) in [5, 5.41) is 13.1. The molecule has 0 unspecified atom stereocenters. The summed E-state index contributed by atoms with van der Waals surface area (Å²) in [4.78, 5) is 4.17. The van der Waals surface area contributed by atoms with Crippen LogP contribution < -0.4 is 5.32 Å². The van der Waals surface area contributed by atoms with Crippen molar-refractivity contribution in [1.29, 1.82) is 0 Å². The Hall–Kier alpha value is -1.39. The maximum atomic E-state index is 9.97. The van der Waals surface area contributed by atoms with Crippen LogP contribution in [0.15, 0.2) is 53.1 Å². The van der Waals surface area contributed by atoms with Crippen LogP contribution in [0.5, 0.6) is 0 Å². The normalized spacial score (nSPS) is 12.1. The minimum absolute atomic E-state index is 0.430. The molecule has 2 N–H and O–H groups in total. The van der Waals surface area contributed by atoms with Gasteiger partial charge in [-0.2, -0.15) is 0 Å². The largest absolute Gasteiger partial charge is 0.387 e. The van der Waals surface area contributed by atoms with Gasteiger partial charge in [0, 0.05) is 12.7 Å². The van der Waals surface area contributed by atoms with Gasteiger partial charge in [0.15, 0.2) is 0 Å². The summed E-state index contributed by atoms with van der Waals surface area (Å²) in [6.07, 6.45) is 1.17. The summed E-state index contributed by atoms with van der Waals surface area (Å²) in [5.74, 6) is 0.738. The molecule has 0 saturated carbocycles. The summed E-state index contributed by atoms with van der Waals surface area (Å²) >= 11 is 3.40. The molecule has 4 heteroatoms. The average Bonchev–Trinajstić information content (AvgIpc) is 2.38. The molecule has 88 valence electrons. The van der Waals surface area contributed by atoms with Gasteiger partial charge in [-0.05, 0) is 33.6 Å². The molecule has 0 fully saturated rings. The number of pyridine rings is 1. The molecule has 0 saturated heterocycles. The third kappa shape index (κ3) is 3.28. The second-order valence-electron chi connectivity index (χ2n) is 3.64. The molecule has 3 nitrogen and oxygen atoms in total. The van der Waals surface area contributed by atoms with E-state index in [9.17, 15) is 5.11 Å². The quantitative estimate of drug-likeness (QED) is 0.911. The first kappa shape index (κ1) is 12.1. The number of nitrogens with zero attached hydrogens (tertiary/aromatic N) is 1. The molecule has 0 aliphatic carbocycles. The molecule has 0 spiro atoms. The summed E-state index contributed by atoms with van der Waals surface area (Å²) in [7, 11) is 0. The van der Waals surface area contributed by atoms with E-state index < -0.39 is 6.10 Å². The monoisotopic (exact) mass is 292 g/mol. The number of benzene rings is 1. The van der Waals surface area contributed by atoms with E-state index in [2.05, 4.69) is 26.2 Å². The fourth-order valence-corrected chi connectivity index (χ4v) is 1.90. The number of aromatic nitrogens is 1. The average molecular weight is 293 g/mol. The van der Waals surface area contributed by atoms with Crippen LogP contribution >= 0.6 is 15.9 Å². The highest BCUT2D eigenvalue weighted by atomic mass is 79.9. The van der Waals surface area contributed by atoms with E-state index in [-0.39, 0.29) is 0 Å². The van der Waals surface area contributed by atoms with Crippen molar-refractivity contribution in [2.45, 2.75) is 6.10 Å². The van der Waals surface area contributed by atoms with E-state index in [1.807, 2.05) is 42.5 Å². The van der Waals surface area contributed by atoms with E-state index in [0.29, 0.717) is 6.54 Å². The van der Waals surface area contributed by atoms with Gasteiger partial charge in [0.2, 0.25) is 0 Å². The molecule has 0 bridgehead atoms. The Morgan fingerprint density at radius 3 is 2.65 bits per heavy atom. The number of halogens is 1. The van der Waals surface area contributed by atoms with Crippen LogP contribution in [0.3, 0.4) is 0 Å². The van der Waals surface area contributed by atoms with Crippen LogP contribution in [0, 0.1) is 0 Å². The van der Waals surface area contributed by atoms with Gasteiger partial charge < -0.3 is 10.4 Å². The molecular formula is C13H13BrN2O. The lowest BCUT2D eigenvalue weighted by atomic mass is 10.1. The maximum Gasteiger partial charge on any atom is 0.140 e. The zero-order chi connectivity index (χ0) is 12.1. The predicted molar refractivity (Wildman–Crippen MR) is 71.8 cm³/mol. The van der Waals surface area contributed by atoms with Crippen molar-refractivity contribution in [3.63, 3.8) is 0 Å². The van der Waals surface area contributed by atoms with Gasteiger partial charge in [-0.15, -0.1) is 0 Å². The number of rotatable bonds is 4. The fourth-order valence-electron chi connectivity index (χ4n) is 1.50. The smallest absolute Gasteiger partial charge is 0.140 e. The number of hydrogen-bond donors (Lipinski definition) is 2. The van der Waals surface area contributed by atoms with Crippen molar-refractivity contribution in [3.05, 3.63) is 58.7 Å².